The fourth-order valence-corrected chi connectivity index (χ4v) is 3.56. The van der Waals surface area contributed by atoms with E-state index in [2.05, 4.69) is 19.9 Å². The van der Waals surface area contributed by atoms with Crippen molar-refractivity contribution in [2.45, 2.75) is 5.16 Å². The molecule has 5 aromatic rings. The van der Waals surface area contributed by atoms with Crippen molar-refractivity contribution in [2.75, 3.05) is 13.4 Å². The Morgan fingerprint density at radius 3 is 2.71 bits per heavy atom. The summed E-state index contributed by atoms with van der Waals surface area (Å²) in [6.45, 7) is 0. The molecule has 0 aliphatic rings. The van der Waals surface area contributed by atoms with Gasteiger partial charge in [0.1, 0.15) is 11.1 Å². The van der Waals surface area contributed by atoms with E-state index >= 15 is 0 Å². The van der Waals surface area contributed by atoms with Gasteiger partial charge in [0.25, 0.3) is 5.56 Å². The topological polar surface area (TPSA) is 87.2 Å². The first-order valence-electron chi connectivity index (χ1n) is 8.45. The maximum absolute atomic E-state index is 13.4. The van der Waals surface area contributed by atoms with Crippen LogP contribution in [-0.2, 0) is 0 Å². The molecule has 0 bridgehead atoms. The van der Waals surface area contributed by atoms with Crippen LogP contribution in [0.4, 0.5) is 0 Å². The van der Waals surface area contributed by atoms with Crippen molar-refractivity contribution in [3.8, 4) is 11.6 Å². The van der Waals surface area contributed by atoms with Gasteiger partial charge < -0.3 is 4.74 Å². The van der Waals surface area contributed by atoms with Gasteiger partial charge in [0.15, 0.2) is 22.3 Å². The largest absolute Gasteiger partial charge is 0.497 e. The zero-order chi connectivity index (χ0) is 19.3. The van der Waals surface area contributed by atoms with Gasteiger partial charge in [-0.15, -0.1) is 0 Å². The van der Waals surface area contributed by atoms with Gasteiger partial charge in [0, 0.05) is 23.8 Å². The van der Waals surface area contributed by atoms with Crippen LogP contribution in [0.25, 0.3) is 33.4 Å². The van der Waals surface area contributed by atoms with E-state index in [1.54, 1.807) is 18.0 Å². The lowest BCUT2D eigenvalue weighted by Crippen LogP contribution is -2.22. The number of benzene rings is 1. The SMILES string of the molecule is COc1ccc2c(c1)n(-c1ccccn1)n1c(=O)c3cnc(SC)nc3nc21. The van der Waals surface area contributed by atoms with Crippen molar-refractivity contribution in [3.63, 3.8) is 0 Å². The average molecular weight is 390 g/mol. The molecule has 0 saturated carbocycles. The molecule has 0 aliphatic heterocycles. The summed E-state index contributed by atoms with van der Waals surface area (Å²) in [6, 6.07) is 11.1. The highest BCUT2D eigenvalue weighted by Gasteiger charge is 2.19. The first kappa shape index (κ1) is 16.7. The molecular formula is C19H14N6O2S. The molecule has 0 radical (unpaired) electrons. The van der Waals surface area contributed by atoms with Crippen molar-refractivity contribution in [2.24, 2.45) is 0 Å². The Kier molecular flexibility index (Phi) is 3.76. The summed E-state index contributed by atoms with van der Waals surface area (Å²) in [7, 11) is 1.60. The van der Waals surface area contributed by atoms with E-state index < -0.39 is 0 Å². The predicted molar refractivity (Wildman–Crippen MR) is 108 cm³/mol. The molecule has 4 heterocycles. The van der Waals surface area contributed by atoms with Gasteiger partial charge in [0.05, 0.1) is 12.6 Å². The Balaban J connectivity index is 2.02. The van der Waals surface area contributed by atoms with Crippen LogP contribution in [0, 0.1) is 0 Å². The number of rotatable bonds is 3. The van der Waals surface area contributed by atoms with E-state index in [0.29, 0.717) is 33.4 Å². The van der Waals surface area contributed by atoms with Gasteiger partial charge in [-0.25, -0.2) is 24.6 Å². The molecule has 9 heteroatoms. The molecular weight excluding hydrogens is 376 g/mol. The molecule has 0 atom stereocenters. The molecule has 138 valence electrons. The van der Waals surface area contributed by atoms with Gasteiger partial charge in [-0.2, -0.15) is 4.52 Å². The molecule has 0 unspecified atom stereocenters. The number of fused-ring (bicyclic) bond motifs is 4. The van der Waals surface area contributed by atoms with Gasteiger partial charge in [0.2, 0.25) is 0 Å². The highest BCUT2D eigenvalue weighted by molar-refractivity contribution is 7.98. The summed E-state index contributed by atoms with van der Waals surface area (Å²) in [5, 5.41) is 1.72. The van der Waals surface area contributed by atoms with E-state index in [4.69, 9.17) is 4.74 Å². The Hall–Kier alpha value is -3.46. The van der Waals surface area contributed by atoms with Crippen LogP contribution in [0.5, 0.6) is 5.75 Å². The third kappa shape index (κ3) is 2.36. The standard InChI is InChI=1S/C19H14N6O2S/c1-27-11-6-7-12-14(9-11)24(15-5-3-4-8-20-15)25-17(12)22-16-13(18(25)26)10-21-19(23-16)28-2/h3-10H,1-2H3. The summed E-state index contributed by atoms with van der Waals surface area (Å²) in [5.41, 5.74) is 1.39. The van der Waals surface area contributed by atoms with Gasteiger partial charge >= 0.3 is 0 Å². The molecule has 0 N–H and O–H groups in total. The number of aromatic nitrogens is 6. The maximum atomic E-state index is 13.4. The maximum Gasteiger partial charge on any atom is 0.284 e. The molecule has 0 spiro atoms. The van der Waals surface area contributed by atoms with Crippen LogP contribution in [0.2, 0.25) is 0 Å². The van der Waals surface area contributed by atoms with Crippen LogP contribution in [0.15, 0.2) is 58.7 Å². The van der Waals surface area contributed by atoms with Crippen molar-refractivity contribution in [1.82, 2.24) is 29.1 Å². The van der Waals surface area contributed by atoms with Crippen molar-refractivity contribution >= 4 is 39.3 Å². The molecule has 0 aliphatic carbocycles. The number of thioether (sulfide) groups is 1. The Morgan fingerprint density at radius 2 is 1.96 bits per heavy atom. The van der Waals surface area contributed by atoms with Gasteiger partial charge in [-0.3, -0.25) is 4.79 Å². The number of pyridine rings is 1. The monoisotopic (exact) mass is 390 g/mol. The van der Waals surface area contributed by atoms with E-state index in [-0.39, 0.29) is 5.56 Å². The number of hydrogen-bond donors (Lipinski definition) is 0. The third-order valence-electron chi connectivity index (χ3n) is 4.50. The zero-order valence-corrected chi connectivity index (χ0v) is 15.8. The lowest BCUT2D eigenvalue weighted by molar-refractivity contribution is 0.415. The first-order valence-corrected chi connectivity index (χ1v) is 9.67. The summed E-state index contributed by atoms with van der Waals surface area (Å²) in [6.07, 6.45) is 5.09. The van der Waals surface area contributed by atoms with E-state index in [1.807, 2.05) is 42.7 Å². The molecule has 0 amide bonds. The quantitative estimate of drug-likeness (QED) is 0.346. The molecule has 4 aromatic heterocycles. The Bertz CT molecular complexity index is 1410. The van der Waals surface area contributed by atoms with E-state index in [9.17, 15) is 4.79 Å². The van der Waals surface area contributed by atoms with Crippen molar-refractivity contribution < 1.29 is 4.74 Å². The lowest BCUT2D eigenvalue weighted by atomic mass is 10.2. The second kappa shape index (κ2) is 6.31. The fraction of sp³-hybridized carbons (Fsp3) is 0.105. The van der Waals surface area contributed by atoms with E-state index in [0.717, 1.165) is 10.9 Å². The molecule has 8 nitrogen and oxygen atoms in total. The number of hydrogen-bond acceptors (Lipinski definition) is 7. The summed E-state index contributed by atoms with van der Waals surface area (Å²) >= 11 is 1.40. The molecule has 28 heavy (non-hydrogen) atoms. The normalized spacial score (nSPS) is 11.5. The number of nitrogens with zero attached hydrogens (tertiary/aromatic N) is 6. The lowest BCUT2D eigenvalue weighted by Gasteiger charge is -2.07. The van der Waals surface area contributed by atoms with Crippen LogP contribution in [-0.4, -0.2) is 42.5 Å². The van der Waals surface area contributed by atoms with Gasteiger partial charge in [-0.05, 0) is 30.5 Å². The second-order valence-electron chi connectivity index (χ2n) is 6.03. The highest BCUT2D eigenvalue weighted by atomic mass is 32.2. The van der Waals surface area contributed by atoms with Crippen LogP contribution >= 0.6 is 11.8 Å². The minimum absolute atomic E-state index is 0.256. The van der Waals surface area contributed by atoms with Crippen LogP contribution < -0.4 is 10.3 Å². The van der Waals surface area contributed by atoms with Gasteiger partial charge in [-0.1, -0.05) is 17.8 Å². The number of methoxy groups -OCH3 is 1. The van der Waals surface area contributed by atoms with Crippen LogP contribution in [0.3, 0.4) is 0 Å². The smallest absolute Gasteiger partial charge is 0.284 e. The molecule has 5 rings (SSSR count). The summed E-state index contributed by atoms with van der Waals surface area (Å²) < 4.78 is 8.63. The predicted octanol–water partition coefficient (Wildman–Crippen LogP) is 2.71. The molecule has 0 saturated heterocycles. The third-order valence-corrected chi connectivity index (χ3v) is 5.07. The zero-order valence-electron chi connectivity index (χ0n) is 15.0. The minimum atomic E-state index is -0.256. The first-order chi connectivity index (χ1) is 13.7. The summed E-state index contributed by atoms with van der Waals surface area (Å²) in [5.74, 6) is 1.27. The molecule has 0 fully saturated rings. The number of ether oxygens (including phenoxy) is 1. The Morgan fingerprint density at radius 1 is 1.07 bits per heavy atom. The van der Waals surface area contributed by atoms with Crippen molar-refractivity contribution in [1.29, 1.82) is 0 Å². The average Bonchev–Trinajstić information content (AvgIpc) is 3.07. The Labute approximate surface area is 162 Å². The van der Waals surface area contributed by atoms with Crippen molar-refractivity contribution in [3.05, 3.63) is 59.1 Å². The fourth-order valence-electron chi connectivity index (χ4n) is 3.22. The second-order valence-corrected chi connectivity index (χ2v) is 6.80. The van der Waals surface area contributed by atoms with Crippen LogP contribution in [0.1, 0.15) is 0 Å². The summed E-state index contributed by atoms with van der Waals surface area (Å²) in [4.78, 5) is 31.1. The minimum Gasteiger partial charge on any atom is -0.497 e. The molecule has 1 aromatic carbocycles. The van der Waals surface area contributed by atoms with E-state index in [1.165, 1.54) is 22.5 Å². The highest BCUT2D eigenvalue weighted by Crippen LogP contribution is 2.27.